The molecule has 4 heteroatoms. The molecule has 0 aromatic rings. The number of ether oxygens (including phenoxy) is 2. The summed E-state index contributed by atoms with van der Waals surface area (Å²) in [7, 11) is 3.54. The zero-order valence-corrected chi connectivity index (χ0v) is 13.2. The molecule has 0 amide bonds. The first kappa shape index (κ1) is 20.8. The minimum Gasteiger partial charge on any atom is -0.393 e. The average Bonchev–Trinajstić information content (AvgIpc) is 2.50. The molecular formula is C17H36O4. The van der Waals surface area contributed by atoms with Gasteiger partial charge in [0.1, 0.15) is 0 Å². The van der Waals surface area contributed by atoms with Crippen LogP contribution in [0.1, 0.15) is 71.6 Å². The summed E-state index contributed by atoms with van der Waals surface area (Å²) in [6, 6.07) is 0. The van der Waals surface area contributed by atoms with E-state index in [2.05, 4.69) is 0 Å². The van der Waals surface area contributed by atoms with Crippen LogP contribution in [0.15, 0.2) is 0 Å². The van der Waals surface area contributed by atoms with Gasteiger partial charge < -0.3 is 19.7 Å². The first-order valence-corrected chi connectivity index (χ1v) is 7.97. The maximum Gasteiger partial charge on any atom is 0.0910 e. The van der Waals surface area contributed by atoms with E-state index < -0.39 is 5.60 Å². The number of hydrogen-bond donors (Lipinski definition) is 2. The van der Waals surface area contributed by atoms with E-state index in [1.54, 1.807) is 14.2 Å². The van der Waals surface area contributed by atoms with Gasteiger partial charge in [-0.25, -0.2) is 0 Å². The fourth-order valence-electron chi connectivity index (χ4n) is 3.23. The second-order valence-corrected chi connectivity index (χ2v) is 6.32. The normalized spacial score (nSPS) is 23.4. The lowest BCUT2D eigenvalue weighted by Crippen LogP contribution is -2.38. The Morgan fingerprint density at radius 2 is 1.33 bits per heavy atom. The van der Waals surface area contributed by atoms with Crippen LogP contribution in [0.3, 0.4) is 0 Å². The Morgan fingerprint density at radius 3 is 1.67 bits per heavy atom. The van der Waals surface area contributed by atoms with Crippen LogP contribution in [0.5, 0.6) is 0 Å². The van der Waals surface area contributed by atoms with E-state index in [1.165, 1.54) is 25.7 Å². The predicted octanol–water partition coefficient (Wildman–Crippen LogP) is 3.29. The zero-order valence-electron chi connectivity index (χ0n) is 13.2. The van der Waals surface area contributed by atoms with Gasteiger partial charge in [0.05, 0.1) is 24.4 Å². The van der Waals surface area contributed by atoms with E-state index in [0.29, 0.717) is 0 Å². The van der Waals surface area contributed by atoms with E-state index in [9.17, 15) is 5.11 Å². The highest BCUT2D eigenvalue weighted by molar-refractivity contribution is 4.83. The number of methoxy groups -OCH3 is 2. The third kappa shape index (κ3) is 7.09. The van der Waals surface area contributed by atoms with Gasteiger partial charge in [0, 0.05) is 14.2 Å². The molecule has 0 unspecified atom stereocenters. The van der Waals surface area contributed by atoms with Gasteiger partial charge in [-0.1, -0.05) is 46.0 Å². The highest BCUT2D eigenvalue weighted by atomic mass is 16.5. The van der Waals surface area contributed by atoms with E-state index in [0.717, 1.165) is 45.1 Å². The molecule has 4 nitrogen and oxygen atoms in total. The minimum absolute atomic E-state index is 0. The van der Waals surface area contributed by atoms with Crippen LogP contribution in [0.2, 0.25) is 0 Å². The van der Waals surface area contributed by atoms with Crippen LogP contribution in [-0.2, 0) is 9.47 Å². The van der Waals surface area contributed by atoms with Gasteiger partial charge in [-0.05, 0) is 25.7 Å². The molecule has 2 aliphatic rings. The number of aliphatic hydroxyl groups is 2. The molecule has 2 aliphatic carbocycles. The van der Waals surface area contributed by atoms with Crippen molar-refractivity contribution in [1.82, 2.24) is 0 Å². The van der Waals surface area contributed by atoms with Crippen molar-refractivity contribution in [3.8, 4) is 0 Å². The molecule has 0 spiro atoms. The van der Waals surface area contributed by atoms with E-state index in [-0.39, 0.29) is 19.6 Å². The van der Waals surface area contributed by atoms with Crippen LogP contribution in [-0.4, -0.2) is 48.8 Å². The lowest BCUT2D eigenvalue weighted by Gasteiger charge is -2.35. The second-order valence-electron chi connectivity index (χ2n) is 6.32. The van der Waals surface area contributed by atoms with Gasteiger partial charge in [0.25, 0.3) is 0 Å². The lowest BCUT2D eigenvalue weighted by molar-refractivity contribution is -0.0858. The first-order valence-electron chi connectivity index (χ1n) is 7.97. The molecule has 0 atom stereocenters. The van der Waals surface area contributed by atoms with Gasteiger partial charge in [0.15, 0.2) is 0 Å². The summed E-state index contributed by atoms with van der Waals surface area (Å²) in [6.07, 6.45) is 11.2. The molecule has 2 rings (SSSR count). The third-order valence-electron chi connectivity index (χ3n) is 4.68. The zero-order chi connectivity index (χ0) is 14.9. The summed E-state index contributed by atoms with van der Waals surface area (Å²) in [5.41, 5.74) is -0.675. The summed E-state index contributed by atoms with van der Waals surface area (Å²) in [5.74, 6) is 0. The summed E-state index contributed by atoms with van der Waals surface area (Å²) < 4.78 is 10.6. The highest BCUT2D eigenvalue weighted by Crippen LogP contribution is 2.31. The summed E-state index contributed by atoms with van der Waals surface area (Å²) in [4.78, 5) is 0. The molecule has 0 aliphatic heterocycles. The number of aliphatic hydroxyl groups excluding tert-OH is 1. The molecule has 0 bridgehead atoms. The van der Waals surface area contributed by atoms with Crippen LogP contribution in [0, 0.1) is 0 Å². The lowest BCUT2D eigenvalue weighted by atomic mass is 9.85. The Kier molecular flexibility index (Phi) is 10.5. The molecule has 2 fully saturated rings. The summed E-state index contributed by atoms with van der Waals surface area (Å²) in [5, 5.41) is 18.1. The van der Waals surface area contributed by atoms with Crippen molar-refractivity contribution >= 4 is 0 Å². The maximum atomic E-state index is 9.43. The molecule has 2 saturated carbocycles. The average molecular weight is 304 g/mol. The van der Waals surface area contributed by atoms with Crippen LogP contribution >= 0.6 is 0 Å². The number of rotatable bonds is 4. The second kappa shape index (κ2) is 10.5. The van der Waals surface area contributed by atoms with Gasteiger partial charge in [-0.2, -0.15) is 0 Å². The van der Waals surface area contributed by atoms with Crippen molar-refractivity contribution in [2.45, 2.75) is 82.8 Å². The van der Waals surface area contributed by atoms with Crippen molar-refractivity contribution in [2.24, 2.45) is 0 Å². The minimum atomic E-state index is -0.724. The van der Waals surface area contributed by atoms with Gasteiger partial charge in [0.2, 0.25) is 0 Å². The Balaban J connectivity index is 0.000000370. The Hall–Kier alpha value is -0.160. The Bertz CT molecular complexity index is 238. The molecule has 2 N–H and O–H groups in total. The topological polar surface area (TPSA) is 58.9 Å². The van der Waals surface area contributed by atoms with E-state index in [4.69, 9.17) is 14.6 Å². The largest absolute Gasteiger partial charge is 0.393 e. The van der Waals surface area contributed by atoms with E-state index in [1.807, 2.05) is 0 Å². The molecule has 0 aromatic heterocycles. The molecule has 0 saturated heterocycles. The molecule has 0 aromatic carbocycles. The van der Waals surface area contributed by atoms with Gasteiger partial charge in [-0.3, -0.25) is 0 Å². The predicted molar refractivity (Wildman–Crippen MR) is 86.6 cm³/mol. The summed E-state index contributed by atoms with van der Waals surface area (Å²) >= 11 is 0. The Morgan fingerprint density at radius 1 is 0.857 bits per heavy atom. The standard InChI is InChI=1S/C9H18O2.C7H14O2.CH4/c1-10-8-9(11-2)6-4-3-5-7-9;8-6-7(9)4-2-1-3-5-7;/h3-8H2,1-2H3;8-9H,1-6H2;1H4. The van der Waals surface area contributed by atoms with Crippen molar-refractivity contribution in [1.29, 1.82) is 0 Å². The fourth-order valence-corrected chi connectivity index (χ4v) is 3.23. The third-order valence-corrected chi connectivity index (χ3v) is 4.68. The summed E-state index contributed by atoms with van der Waals surface area (Å²) in [6.45, 7) is 0.691. The molecule has 0 radical (unpaired) electrons. The maximum absolute atomic E-state index is 9.43. The monoisotopic (exact) mass is 304 g/mol. The SMILES string of the molecule is C.COCC1(OC)CCCCC1.OCC1(O)CCCCC1. The van der Waals surface area contributed by atoms with E-state index >= 15 is 0 Å². The smallest absolute Gasteiger partial charge is 0.0910 e. The van der Waals surface area contributed by atoms with Crippen LogP contribution in [0.25, 0.3) is 0 Å². The van der Waals surface area contributed by atoms with Gasteiger partial charge >= 0.3 is 0 Å². The van der Waals surface area contributed by atoms with Crippen molar-refractivity contribution in [3.05, 3.63) is 0 Å². The quantitative estimate of drug-likeness (QED) is 0.836. The fraction of sp³-hybridized carbons (Fsp3) is 1.00. The first-order chi connectivity index (χ1) is 9.60. The molecule has 21 heavy (non-hydrogen) atoms. The van der Waals surface area contributed by atoms with Crippen molar-refractivity contribution in [2.75, 3.05) is 27.4 Å². The highest BCUT2D eigenvalue weighted by Gasteiger charge is 2.31. The van der Waals surface area contributed by atoms with Gasteiger partial charge in [-0.15, -0.1) is 0 Å². The molecular weight excluding hydrogens is 268 g/mol. The van der Waals surface area contributed by atoms with Crippen LogP contribution in [0.4, 0.5) is 0 Å². The Labute approximate surface area is 130 Å². The number of hydrogen-bond acceptors (Lipinski definition) is 4. The van der Waals surface area contributed by atoms with Crippen molar-refractivity contribution < 1.29 is 19.7 Å². The van der Waals surface area contributed by atoms with Crippen LogP contribution < -0.4 is 0 Å². The molecule has 128 valence electrons. The van der Waals surface area contributed by atoms with Crippen molar-refractivity contribution in [3.63, 3.8) is 0 Å². The molecule has 0 heterocycles.